The predicted octanol–water partition coefficient (Wildman–Crippen LogP) is 0.974. The normalized spacial score (nSPS) is 10.2. The summed E-state index contributed by atoms with van der Waals surface area (Å²) in [5.41, 5.74) is -2.04. The molecule has 128 valence electrons. The second kappa shape index (κ2) is 6.98. The third kappa shape index (κ3) is 3.91. The van der Waals surface area contributed by atoms with Gasteiger partial charge in [-0.15, -0.1) is 0 Å². The summed E-state index contributed by atoms with van der Waals surface area (Å²) in [4.78, 5) is 40.5. The summed E-state index contributed by atoms with van der Waals surface area (Å²) in [5.74, 6) is 0. The molecular weight excluding hydrogens is 407 g/mol. The first-order valence-corrected chi connectivity index (χ1v) is 7.95. The SMILES string of the molecule is O=[N+]([O-])c1ccc([Se]c2ccc([N+](=O)[O-])cc2[N+](=O)[O-])c([N+](=O)[O-])c1. The average molecular weight is 413 g/mol. The summed E-state index contributed by atoms with van der Waals surface area (Å²) in [7, 11) is 0. The van der Waals surface area contributed by atoms with Crippen molar-refractivity contribution in [3.8, 4) is 0 Å². The summed E-state index contributed by atoms with van der Waals surface area (Å²) in [5, 5.41) is 43.7. The second-order valence-corrected chi connectivity index (χ2v) is 6.71. The maximum absolute atomic E-state index is 11.1. The summed E-state index contributed by atoms with van der Waals surface area (Å²) < 4.78 is 0.139. The molecule has 2 aromatic carbocycles. The van der Waals surface area contributed by atoms with E-state index < -0.39 is 57.4 Å². The van der Waals surface area contributed by atoms with Crippen molar-refractivity contribution in [2.45, 2.75) is 0 Å². The van der Waals surface area contributed by atoms with Crippen molar-refractivity contribution in [3.05, 3.63) is 76.9 Å². The summed E-state index contributed by atoms with van der Waals surface area (Å²) in [6, 6.07) is 5.97. The van der Waals surface area contributed by atoms with Gasteiger partial charge in [-0.25, -0.2) is 0 Å². The van der Waals surface area contributed by atoms with Crippen LogP contribution in [0, 0.1) is 40.5 Å². The number of hydrogen-bond donors (Lipinski definition) is 0. The van der Waals surface area contributed by atoms with Crippen LogP contribution in [0.5, 0.6) is 0 Å². The van der Waals surface area contributed by atoms with Crippen molar-refractivity contribution in [1.82, 2.24) is 0 Å². The standard InChI is InChI=1S/C12H6N4O8Se/c17-13(18)7-1-3-11(9(5-7)15(21)22)25-12-4-2-8(14(19)20)6-10(12)16(23)24/h1-6H. The van der Waals surface area contributed by atoms with Crippen LogP contribution >= 0.6 is 0 Å². The maximum atomic E-state index is 11.1. The van der Waals surface area contributed by atoms with E-state index in [0.717, 1.165) is 36.4 Å². The van der Waals surface area contributed by atoms with Crippen molar-refractivity contribution >= 4 is 46.6 Å². The third-order valence-electron chi connectivity index (χ3n) is 2.92. The van der Waals surface area contributed by atoms with Gasteiger partial charge in [0.1, 0.15) is 0 Å². The molecule has 12 nitrogen and oxygen atoms in total. The third-order valence-corrected chi connectivity index (χ3v) is 5.29. The van der Waals surface area contributed by atoms with E-state index in [1.807, 2.05) is 0 Å². The molecule has 13 heteroatoms. The van der Waals surface area contributed by atoms with Gasteiger partial charge in [0.2, 0.25) is 0 Å². The Labute approximate surface area is 143 Å². The van der Waals surface area contributed by atoms with E-state index in [4.69, 9.17) is 0 Å². The second-order valence-electron chi connectivity index (χ2n) is 4.43. The molecule has 0 spiro atoms. The molecule has 0 aliphatic carbocycles. The van der Waals surface area contributed by atoms with Gasteiger partial charge in [0.25, 0.3) is 0 Å². The molecule has 0 N–H and O–H groups in total. The number of hydrogen-bond acceptors (Lipinski definition) is 8. The average Bonchev–Trinajstić information content (AvgIpc) is 2.54. The van der Waals surface area contributed by atoms with Crippen LogP contribution < -0.4 is 8.92 Å². The van der Waals surface area contributed by atoms with Crippen LogP contribution in [0.1, 0.15) is 0 Å². The van der Waals surface area contributed by atoms with Gasteiger partial charge >= 0.3 is 143 Å². The molecule has 0 heterocycles. The zero-order valence-electron chi connectivity index (χ0n) is 11.9. The predicted molar refractivity (Wildman–Crippen MR) is 84.5 cm³/mol. The van der Waals surface area contributed by atoms with Crippen LogP contribution in [0.4, 0.5) is 22.7 Å². The fraction of sp³-hybridized carbons (Fsp3) is 0. The van der Waals surface area contributed by atoms with Crippen LogP contribution in [-0.2, 0) is 0 Å². The van der Waals surface area contributed by atoms with Crippen molar-refractivity contribution in [2.24, 2.45) is 0 Å². The number of benzene rings is 2. The van der Waals surface area contributed by atoms with E-state index >= 15 is 0 Å². The topological polar surface area (TPSA) is 173 Å². The Balaban J connectivity index is 2.52. The molecule has 0 aliphatic heterocycles. The van der Waals surface area contributed by atoms with E-state index in [1.54, 1.807) is 0 Å². The molecule has 2 rings (SSSR count). The van der Waals surface area contributed by atoms with Gasteiger partial charge in [-0.2, -0.15) is 0 Å². The zero-order chi connectivity index (χ0) is 18.7. The van der Waals surface area contributed by atoms with Crippen LogP contribution in [0.15, 0.2) is 36.4 Å². The molecule has 0 fully saturated rings. The minimum atomic E-state index is -0.963. The van der Waals surface area contributed by atoms with Crippen molar-refractivity contribution in [1.29, 1.82) is 0 Å². The van der Waals surface area contributed by atoms with E-state index in [-0.39, 0.29) is 8.92 Å². The Morgan fingerprint density at radius 2 is 0.960 bits per heavy atom. The van der Waals surface area contributed by atoms with Crippen molar-refractivity contribution in [2.75, 3.05) is 0 Å². The minimum absolute atomic E-state index is 0.0695. The molecule has 25 heavy (non-hydrogen) atoms. The summed E-state index contributed by atoms with van der Waals surface area (Å²) in [6.45, 7) is 0. The van der Waals surface area contributed by atoms with E-state index in [0.29, 0.717) is 0 Å². The zero-order valence-corrected chi connectivity index (χ0v) is 13.6. The van der Waals surface area contributed by atoms with Crippen LogP contribution in [-0.4, -0.2) is 34.7 Å². The Bertz CT molecular complexity index is 842. The van der Waals surface area contributed by atoms with Gasteiger partial charge in [-0.1, -0.05) is 0 Å². The Morgan fingerprint density at radius 1 is 0.600 bits per heavy atom. The van der Waals surface area contributed by atoms with E-state index in [1.165, 1.54) is 0 Å². The molecule has 0 unspecified atom stereocenters. The molecule has 0 bridgehead atoms. The first-order chi connectivity index (χ1) is 11.7. The quantitative estimate of drug-likeness (QED) is 0.383. The fourth-order valence-corrected chi connectivity index (χ4v) is 3.88. The summed E-state index contributed by atoms with van der Waals surface area (Å²) in [6.07, 6.45) is 0. The van der Waals surface area contributed by atoms with Gasteiger partial charge in [0, 0.05) is 0 Å². The van der Waals surface area contributed by atoms with Crippen LogP contribution in [0.25, 0.3) is 0 Å². The molecule has 0 saturated heterocycles. The van der Waals surface area contributed by atoms with Gasteiger partial charge in [-0.05, 0) is 0 Å². The van der Waals surface area contributed by atoms with E-state index in [2.05, 4.69) is 0 Å². The van der Waals surface area contributed by atoms with Gasteiger partial charge < -0.3 is 0 Å². The van der Waals surface area contributed by atoms with Crippen LogP contribution in [0.3, 0.4) is 0 Å². The Hall–Kier alpha value is -3.44. The van der Waals surface area contributed by atoms with Gasteiger partial charge in [-0.3, -0.25) is 0 Å². The van der Waals surface area contributed by atoms with E-state index in [9.17, 15) is 40.5 Å². The molecule has 0 amide bonds. The van der Waals surface area contributed by atoms with Crippen molar-refractivity contribution < 1.29 is 19.7 Å². The number of nitrogens with zero attached hydrogens (tertiary/aromatic N) is 4. The number of nitro benzene ring substituents is 4. The molecule has 0 radical (unpaired) electrons. The fourth-order valence-electron chi connectivity index (χ4n) is 1.82. The summed E-state index contributed by atoms with van der Waals surface area (Å²) >= 11 is -0.963. The molecule has 0 saturated carbocycles. The molecule has 0 atom stereocenters. The molecular formula is C12H6N4O8Se. The first kappa shape index (κ1) is 17.9. The molecule has 0 aliphatic rings. The Morgan fingerprint density at radius 3 is 1.24 bits per heavy atom. The van der Waals surface area contributed by atoms with Gasteiger partial charge in [0.15, 0.2) is 0 Å². The van der Waals surface area contributed by atoms with Gasteiger partial charge in [0.05, 0.1) is 0 Å². The number of nitro groups is 4. The molecule has 2 aromatic rings. The van der Waals surface area contributed by atoms with Crippen molar-refractivity contribution in [3.63, 3.8) is 0 Å². The molecule has 0 aromatic heterocycles. The van der Waals surface area contributed by atoms with Crippen LogP contribution in [0.2, 0.25) is 0 Å². The number of rotatable bonds is 6. The Kier molecular flexibility index (Phi) is 5.00. The first-order valence-electron chi connectivity index (χ1n) is 6.24. The number of non-ortho nitro benzene ring substituents is 2. The monoisotopic (exact) mass is 414 g/mol.